The molecule has 24 heavy (non-hydrogen) atoms. The summed E-state index contributed by atoms with van der Waals surface area (Å²) in [6.45, 7) is -0.385. The van der Waals surface area contributed by atoms with Crippen molar-refractivity contribution in [3.8, 4) is 5.88 Å². The van der Waals surface area contributed by atoms with Crippen LogP contribution in [0.1, 0.15) is 6.23 Å². The van der Waals surface area contributed by atoms with Crippen LogP contribution in [0.2, 0.25) is 0 Å². The molecule has 0 saturated carbocycles. The van der Waals surface area contributed by atoms with Crippen LogP contribution in [0.4, 0.5) is 0 Å². The average molecular weight is 334 g/mol. The van der Waals surface area contributed by atoms with Crippen LogP contribution in [0.25, 0.3) is 22.1 Å². The van der Waals surface area contributed by atoms with Crippen LogP contribution in [0.5, 0.6) is 5.88 Å². The van der Waals surface area contributed by atoms with Crippen LogP contribution in [0.15, 0.2) is 18.6 Å². The number of aryl methyl sites for hydroxylation is 1. The Bertz CT molecular complexity index is 904. The fraction of sp³-hybridized carbons (Fsp3) is 0.467. The molecule has 3 aromatic rings. The van der Waals surface area contributed by atoms with Crippen molar-refractivity contribution in [2.24, 2.45) is 7.05 Å². The molecule has 0 bridgehead atoms. The minimum atomic E-state index is -1.19. The molecular formula is C15H18N4O5. The second kappa shape index (κ2) is 5.42. The Hall–Kier alpha value is -2.20. The highest BCUT2D eigenvalue weighted by atomic mass is 16.6. The van der Waals surface area contributed by atoms with Crippen molar-refractivity contribution in [2.75, 3.05) is 13.7 Å². The van der Waals surface area contributed by atoms with E-state index in [1.165, 1.54) is 13.4 Å². The number of methoxy groups -OCH3 is 1. The Labute approximate surface area is 136 Å². The van der Waals surface area contributed by atoms with Gasteiger partial charge < -0.3 is 29.4 Å². The molecule has 0 amide bonds. The van der Waals surface area contributed by atoms with E-state index in [9.17, 15) is 15.3 Å². The molecule has 9 heteroatoms. The first kappa shape index (κ1) is 15.3. The van der Waals surface area contributed by atoms with Crippen molar-refractivity contribution in [2.45, 2.75) is 24.5 Å². The molecule has 0 spiro atoms. The van der Waals surface area contributed by atoms with Gasteiger partial charge in [-0.3, -0.25) is 4.57 Å². The second-order valence-electron chi connectivity index (χ2n) is 5.84. The Kier molecular flexibility index (Phi) is 3.46. The fourth-order valence-electron chi connectivity index (χ4n) is 3.39. The number of hydrogen-bond donors (Lipinski definition) is 3. The highest BCUT2D eigenvalue weighted by Gasteiger charge is 2.44. The molecule has 4 atom stereocenters. The van der Waals surface area contributed by atoms with Gasteiger partial charge >= 0.3 is 0 Å². The summed E-state index contributed by atoms with van der Waals surface area (Å²) in [5.74, 6) is 0.414. The predicted molar refractivity (Wildman–Crippen MR) is 83.6 cm³/mol. The predicted octanol–water partition coefficient (Wildman–Crippen LogP) is -0.457. The molecule has 4 heterocycles. The molecule has 1 saturated heterocycles. The maximum absolute atomic E-state index is 10.4. The Balaban J connectivity index is 2.01. The molecule has 128 valence electrons. The van der Waals surface area contributed by atoms with E-state index in [1.807, 2.05) is 23.9 Å². The number of aliphatic hydroxyl groups excluding tert-OH is 3. The second-order valence-corrected chi connectivity index (χ2v) is 5.84. The molecule has 3 aromatic heterocycles. The molecule has 1 fully saturated rings. The number of rotatable bonds is 3. The Morgan fingerprint density at radius 3 is 2.75 bits per heavy atom. The lowest BCUT2D eigenvalue weighted by Crippen LogP contribution is -2.33. The van der Waals surface area contributed by atoms with E-state index >= 15 is 0 Å². The van der Waals surface area contributed by atoms with E-state index in [4.69, 9.17) is 9.47 Å². The summed E-state index contributed by atoms with van der Waals surface area (Å²) in [7, 11) is 3.41. The third kappa shape index (κ3) is 1.89. The van der Waals surface area contributed by atoms with E-state index in [2.05, 4.69) is 9.97 Å². The van der Waals surface area contributed by atoms with Gasteiger partial charge in [0.05, 0.1) is 24.8 Å². The zero-order valence-corrected chi connectivity index (χ0v) is 13.2. The summed E-state index contributed by atoms with van der Waals surface area (Å²) >= 11 is 0. The molecular weight excluding hydrogens is 316 g/mol. The van der Waals surface area contributed by atoms with Crippen molar-refractivity contribution in [1.82, 2.24) is 19.1 Å². The van der Waals surface area contributed by atoms with Crippen molar-refractivity contribution >= 4 is 22.1 Å². The van der Waals surface area contributed by atoms with Gasteiger partial charge in [0.1, 0.15) is 30.0 Å². The standard InChI is InChI=1S/C15H18N4O5/c1-18-4-3-7-10(18)9-13(16-6-17-14(9)23-2)19(7)15-12(22)11(21)8(5-20)24-15/h3-4,6,8,11-12,15,20-22H,5H2,1-2H3/t8-,11-,12-,15?/m1/s1. The molecule has 1 aliphatic heterocycles. The molecule has 9 nitrogen and oxygen atoms in total. The lowest BCUT2D eigenvalue weighted by atomic mass is 10.1. The summed E-state index contributed by atoms with van der Waals surface area (Å²) in [6, 6.07) is 1.87. The summed E-state index contributed by atoms with van der Waals surface area (Å²) in [4.78, 5) is 8.47. The summed E-state index contributed by atoms with van der Waals surface area (Å²) in [5.41, 5.74) is 2.12. The maximum Gasteiger partial charge on any atom is 0.228 e. The lowest BCUT2D eigenvalue weighted by molar-refractivity contribution is -0.0489. The largest absolute Gasteiger partial charge is 0.480 e. The zero-order chi connectivity index (χ0) is 17.0. The quantitative estimate of drug-likeness (QED) is 0.594. The minimum absolute atomic E-state index is 0.385. The first-order valence-electron chi connectivity index (χ1n) is 7.54. The van der Waals surface area contributed by atoms with Crippen molar-refractivity contribution < 1.29 is 24.8 Å². The number of nitrogens with zero attached hydrogens (tertiary/aromatic N) is 4. The maximum atomic E-state index is 10.4. The van der Waals surface area contributed by atoms with Crippen LogP contribution in [-0.4, -0.2) is 66.5 Å². The van der Waals surface area contributed by atoms with Crippen LogP contribution in [-0.2, 0) is 11.8 Å². The van der Waals surface area contributed by atoms with Crippen molar-refractivity contribution in [1.29, 1.82) is 0 Å². The number of aromatic nitrogens is 4. The number of hydrogen-bond acceptors (Lipinski definition) is 7. The molecule has 1 unspecified atom stereocenters. The van der Waals surface area contributed by atoms with Gasteiger partial charge in [-0.2, -0.15) is 0 Å². The fourth-order valence-corrected chi connectivity index (χ4v) is 3.39. The molecule has 0 aliphatic carbocycles. The molecule has 0 radical (unpaired) electrons. The van der Waals surface area contributed by atoms with Gasteiger partial charge in [0.25, 0.3) is 0 Å². The SMILES string of the molecule is COc1ncnc2c1c1c(ccn1C)n2C1O[C@H](CO)[C@@H](O)[C@H]1O. The van der Waals surface area contributed by atoms with Gasteiger partial charge in [0.15, 0.2) is 11.9 Å². The molecule has 1 aliphatic rings. The minimum Gasteiger partial charge on any atom is -0.480 e. The monoisotopic (exact) mass is 334 g/mol. The van der Waals surface area contributed by atoms with Crippen LogP contribution < -0.4 is 4.74 Å². The van der Waals surface area contributed by atoms with Gasteiger partial charge in [-0.15, -0.1) is 0 Å². The summed E-state index contributed by atoms with van der Waals surface area (Å²) in [5, 5.41) is 30.5. The number of fused-ring (bicyclic) bond motifs is 3. The number of aliphatic hydroxyl groups is 3. The van der Waals surface area contributed by atoms with Crippen LogP contribution in [0, 0.1) is 0 Å². The van der Waals surface area contributed by atoms with Crippen molar-refractivity contribution in [3.63, 3.8) is 0 Å². The van der Waals surface area contributed by atoms with E-state index in [-0.39, 0.29) is 6.61 Å². The smallest absolute Gasteiger partial charge is 0.228 e. The van der Waals surface area contributed by atoms with Gasteiger partial charge in [0.2, 0.25) is 5.88 Å². The van der Waals surface area contributed by atoms with E-state index < -0.39 is 24.5 Å². The highest BCUT2D eigenvalue weighted by Crippen LogP contribution is 2.39. The number of ether oxygens (including phenoxy) is 2. The normalized spacial score (nSPS) is 27.4. The zero-order valence-electron chi connectivity index (χ0n) is 13.2. The third-order valence-corrected chi connectivity index (χ3v) is 4.53. The third-order valence-electron chi connectivity index (χ3n) is 4.53. The first-order valence-corrected chi connectivity index (χ1v) is 7.54. The lowest BCUT2D eigenvalue weighted by Gasteiger charge is -2.18. The van der Waals surface area contributed by atoms with Gasteiger partial charge in [0, 0.05) is 13.2 Å². The topological polar surface area (TPSA) is 115 Å². The van der Waals surface area contributed by atoms with Gasteiger partial charge in [-0.25, -0.2) is 9.97 Å². The van der Waals surface area contributed by atoms with Gasteiger partial charge in [-0.05, 0) is 6.07 Å². The first-order chi connectivity index (χ1) is 11.6. The summed E-state index contributed by atoms with van der Waals surface area (Å²) in [6.07, 6.45) is -0.863. The highest BCUT2D eigenvalue weighted by molar-refractivity contribution is 6.07. The van der Waals surface area contributed by atoms with E-state index in [0.717, 1.165) is 11.0 Å². The van der Waals surface area contributed by atoms with Crippen LogP contribution in [0.3, 0.4) is 0 Å². The van der Waals surface area contributed by atoms with Crippen LogP contribution >= 0.6 is 0 Å². The molecule has 0 aromatic carbocycles. The van der Waals surface area contributed by atoms with Crippen molar-refractivity contribution in [3.05, 3.63) is 18.6 Å². The Morgan fingerprint density at radius 2 is 2.08 bits per heavy atom. The van der Waals surface area contributed by atoms with E-state index in [0.29, 0.717) is 16.9 Å². The van der Waals surface area contributed by atoms with Gasteiger partial charge in [-0.1, -0.05) is 0 Å². The molecule has 4 rings (SSSR count). The van der Waals surface area contributed by atoms with E-state index in [1.54, 1.807) is 4.57 Å². The Morgan fingerprint density at radius 1 is 1.29 bits per heavy atom. The summed E-state index contributed by atoms with van der Waals surface area (Å²) < 4.78 is 14.6. The molecule has 3 N–H and O–H groups in total. The average Bonchev–Trinajstić information content (AvgIpc) is 3.21.